The highest BCUT2D eigenvalue weighted by atomic mass is 16.1. The van der Waals surface area contributed by atoms with Crippen molar-refractivity contribution in [3.8, 4) is 0 Å². The highest BCUT2D eigenvalue weighted by Gasteiger charge is 2.12. The molecular formula is C10H11N7O. The number of aromatic amines is 1. The summed E-state index contributed by atoms with van der Waals surface area (Å²) >= 11 is 0. The van der Waals surface area contributed by atoms with Crippen LogP contribution in [0.15, 0.2) is 40.7 Å². The van der Waals surface area contributed by atoms with E-state index in [-0.39, 0.29) is 11.5 Å². The molecule has 0 spiro atoms. The minimum Gasteiger partial charge on any atom is -0.364 e. The van der Waals surface area contributed by atoms with Crippen molar-refractivity contribution in [1.82, 2.24) is 15.4 Å². The highest BCUT2D eigenvalue weighted by molar-refractivity contribution is 5.94. The number of primary amides is 1. The van der Waals surface area contributed by atoms with Crippen LogP contribution in [0, 0.1) is 0 Å². The van der Waals surface area contributed by atoms with E-state index in [2.05, 4.69) is 25.7 Å². The molecule has 18 heavy (non-hydrogen) atoms. The Balaban J connectivity index is 2.16. The molecule has 0 aliphatic rings. The smallest absolute Gasteiger partial charge is 0.273 e. The van der Waals surface area contributed by atoms with E-state index >= 15 is 0 Å². The SMILES string of the molecule is CN(N=Nc1n[nH]nc1C(N)=O)c1ccccc1. The molecule has 1 aromatic carbocycles. The Morgan fingerprint density at radius 2 is 2.06 bits per heavy atom. The predicted octanol–water partition coefficient (Wildman–Crippen LogP) is 1.04. The lowest BCUT2D eigenvalue weighted by Crippen LogP contribution is -2.12. The third-order valence-electron chi connectivity index (χ3n) is 2.17. The van der Waals surface area contributed by atoms with Crippen LogP contribution in [0.3, 0.4) is 0 Å². The van der Waals surface area contributed by atoms with E-state index in [0.717, 1.165) is 5.69 Å². The first kappa shape index (κ1) is 11.7. The summed E-state index contributed by atoms with van der Waals surface area (Å²) in [6.07, 6.45) is 0. The molecule has 0 aliphatic heterocycles. The standard InChI is InChI=1S/C10H11N7O/c1-17(7-5-3-2-4-6-7)16-14-10-8(9(11)18)12-15-13-10/h2-6H,1H3,(H2,11,18)(H,12,13,15). The Bertz CT molecular complexity index is 563. The number of hydrogen-bond acceptors (Lipinski definition) is 5. The minimum atomic E-state index is -0.708. The van der Waals surface area contributed by atoms with Gasteiger partial charge in [0.05, 0.1) is 5.69 Å². The molecular weight excluding hydrogens is 234 g/mol. The van der Waals surface area contributed by atoms with Crippen LogP contribution in [0.25, 0.3) is 0 Å². The number of nitrogens with two attached hydrogens (primary N) is 1. The topological polar surface area (TPSA) is 113 Å². The van der Waals surface area contributed by atoms with Gasteiger partial charge >= 0.3 is 0 Å². The van der Waals surface area contributed by atoms with Crippen LogP contribution in [-0.2, 0) is 0 Å². The Labute approximate surface area is 102 Å². The van der Waals surface area contributed by atoms with E-state index in [1.807, 2.05) is 30.3 Å². The summed E-state index contributed by atoms with van der Waals surface area (Å²) < 4.78 is 0. The van der Waals surface area contributed by atoms with Gasteiger partial charge in [0, 0.05) is 7.05 Å². The molecule has 0 saturated heterocycles. The summed E-state index contributed by atoms with van der Waals surface area (Å²) in [6.45, 7) is 0. The average molecular weight is 245 g/mol. The van der Waals surface area contributed by atoms with Gasteiger partial charge in [-0.15, -0.1) is 15.3 Å². The normalized spacial score (nSPS) is 10.7. The maximum atomic E-state index is 11.0. The quantitative estimate of drug-likeness (QED) is 0.618. The fourth-order valence-corrected chi connectivity index (χ4v) is 1.27. The van der Waals surface area contributed by atoms with E-state index in [9.17, 15) is 4.79 Å². The van der Waals surface area contributed by atoms with Gasteiger partial charge in [0.25, 0.3) is 5.91 Å². The molecule has 1 heterocycles. The van der Waals surface area contributed by atoms with Crippen LogP contribution in [-0.4, -0.2) is 28.4 Å². The Hall–Kier alpha value is -2.77. The van der Waals surface area contributed by atoms with Gasteiger partial charge < -0.3 is 5.73 Å². The molecule has 8 heteroatoms. The number of H-pyrrole nitrogens is 1. The van der Waals surface area contributed by atoms with Gasteiger partial charge in [0.1, 0.15) is 0 Å². The first-order valence-corrected chi connectivity index (χ1v) is 5.09. The summed E-state index contributed by atoms with van der Waals surface area (Å²) in [5.41, 5.74) is 5.91. The Morgan fingerprint density at radius 3 is 2.72 bits per heavy atom. The fraction of sp³-hybridized carbons (Fsp3) is 0.100. The number of amides is 1. The van der Waals surface area contributed by atoms with Crippen LogP contribution in [0.4, 0.5) is 11.5 Å². The Kier molecular flexibility index (Phi) is 3.28. The van der Waals surface area contributed by atoms with Gasteiger partial charge in [0.2, 0.25) is 5.82 Å². The van der Waals surface area contributed by atoms with Crippen molar-refractivity contribution in [2.45, 2.75) is 0 Å². The van der Waals surface area contributed by atoms with Gasteiger partial charge in [-0.25, -0.2) is 5.01 Å². The van der Waals surface area contributed by atoms with Crippen LogP contribution in [0.2, 0.25) is 0 Å². The summed E-state index contributed by atoms with van der Waals surface area (Å²) in [5.74, 6) is -0.648. The van der Waals surface area contributed by atoms with Gasteiger partial charge in [-0.1, -0.05) is 23.4 Å². The number of rotatable bonds is 4. The van der Waals surface area contributed by atoms with E-state index in [1.165, 1.54) is 0 Å². The van der Waals surface area contributed by atoms with Crippen LogP contribution >= 0.6 is 0 Å². The lowest BCUT2D eigenvalue weighted by molar-refractivity contribution is 0.0996. The third kappa shape index (κ3) is 2.48. The number of para-hydroxylation sites is 1. The first-order chi connectivity index (χ1) is 8.68. The summed E-state index contributed by atoms with van der Waals surface area (Å²) in [6, 6.07) is 9.41. The molecule has 0 bridgehead atoms. The highest BCUT2D eigenvalue weighted by Crippen LogP contribution is 2.15. The number of aromatic nitrogens is 3. The number of anilines is 1. The monoisotopic (exact) mass is 245 g/mol. The minimum absolute atomic E-state index is 0.0415. The molecule has 0 atom stereocenters. The second kappa shape index (κ2) is 5.04. The van der Waals surface area contributed by atoms with Gasteiger partial charge in [0.15, 0.2) is 5.69 Å². The van der Waals surface area contributed by atoms with Gasteiger partial charge in [-0.3, -0.25) is 4.79 Å². The lowest BCUT2D eigenvalue weighted by atomic mass is 10.3. The zero-order chi connectivity index (χ0) is 13.0. The van der Waals surface area contributed by atoms with Crippen molar-refractivity contribution in [1.29, 1.82) is 0 Å². The van der Waals surface area contributed by atoms with E-state index in [4.69, 9.17) is 5.73 Å². The second-order valence-corrected chi connectivity index (χ2v) is 3.41. The third-order valence-corrected chi connectivity index (χ3v) is 2.17. The van der Waals surface area contributed by atoms with Crippen molar-refractivity contribution in [3.63, 3.8) is 0 Å². The first-order valence-electron chi connectivity index (χ1n) is 5.09. The molecule has 0 aliphatic carbocycles. The van der Waals surface area contributed by atoms with E-state index in [1.54, 1.807) is 12.1 Å². The zero-order valence-corrected chi connectivity index (χ0v) is 9.61. The summed E-state index contributed by atoms with van der Waals surface area (Å²) in [4.78, 5) is 11.0. The zero-order valence-electron chi connectivity index (χ0n) is 9.61. The molecule has 2 rings (SSSR count). The summed E-state index contributed by atoms with van der Waals surface area (Å²) in [5, 5.41) is 18.8. The molecule has 0 radical (unpaired) electrons. The molecule has 0 unspecified atom stereocenters. The lowest BCUT2D eigenvalue weighted by Gasteiger charge is -2.09. The molecule has 2 aromatic rings. The van der Waals surface area contributed by atoms with Crippen molar-refractivity contribution < 1.29 is 4.79 Å². The Morgan fingerprint density at radius 1 is 1.33 bits per heavy atom. The number of carbonyl (C=O) groups is 1. The van der Waals surface area contributed by atoms with Crippen molar-refractivity contribution in [2.75, 3.05) is 12.1 Å². The maximum absolute atomic E-state index is 11.0. The second-order valence-electron chi connectivity index (χ2n) is 3.41. The molecule has 8 nitrogen and oxygen atoms in total. The van der Waals surface area contributed by atoms with Crippen LogP contribution in [0.5, 0.6) is 0 Å². The average Bonchev–Trinajstić information content (AvgIpc) is 2.85. The molecule has 92 valence electrons. The van der Waals surface area contributed by atoms with Crippen LogP contribution in [0.1, 0.15) is 10.5 Å². The van der Waals surface area contributed by atoms with E-state index in [0.29, 0.717) is 0 Å². The number of hydrogen-bond donors (Lipinski definition) is 2. The van der Waals surface area contributed by atoms with Crippen molar-refractivity contribution >= 4 is 17.4 Å². The molecule has 0 fully saturated rings. The van der Waals surface area contributed by atoms with Gasteiger partial charge in [-0.2, -0.15) is 5.21 Å². The largest absolute Gasteiger partial charge is 0.364 e. The van der Waals surface area contributed by atoms with Crippen molar-refractivity contribution in [3.05, 3.63) is 36.0 Å². The van der Waals surface area contributed by atoms with E-state index < -0.39 is 5.91 Å². The number of nitrogens with zero attached hydrogens (tertiary/aromatic N) is 5. The predicted molar refractivity (Wildman–Crippen MR) is 64.3 cm³/mol. The molecule has 3 N–H and O–H groups in total. The molecule has 0 saturated carbocycles. The molecule has 1 amide bonds. The summed E-state index contributed by atoms with van der Waals surface area (Å²) in [7, 11) is 1.73. The van der Waals surface area contributed by atoms with Crippen LogP contribution < -0.4 is 10.7 Å². The van der Waals surface area contributed by atoms with Crippen molar-refractivity contribution in [2.24, 2.45) is 16.1 Å². The van der Waals surface area contributed by atoms with Gasteiger partial charge in [-0.05, 0) is 12.1 Å². The number of benzene rings is 1. The number of nitrogens with one attached hydrogen (secondary N) is 1. The maximum Gasteiger partial charge on any atom is 0.273 e. The fourth-order valence-electron chi connectivity index (χ4n) is 1.27. The molecule has 1 aromatic heterocycles. The number of carbonyl (C=O) groups excluding carboxylic acids is 1.